The molecular weight excluding hydrogens is 372 g/mol. The van der Waals surface area contributed by atoms with Crippen LogP contribution in [0.25, 0.3) is 0 Å². The van der Waals surface area contributed by atoms with Gasteiger partial charge in [-0.25, -0.2) is 4.99 Å². The van der Waals surface area contributed by atoms with Gasteiger partial charge in [-0.15, -0.1) is 11.3 Å². The molecule has 3 nitrogen and oxygen atoms in total. The standard InChI is InChI=1S/C18H17BrN2OS/c1-22-16-8-7-13(19)9-12(16)11-21-18-15(10-20)14-5-3-2-4-6-17(14)23-18/h7-9,11H,2-6H2,1H3. The van der Waals surface area contributed by atoms with Crippen LogP contribution >= 0.6 is 27.3 Å². The zero-order valence-electron chi connectivity index (χ0n) is 12.9. The second kappa shape index (κ2) is 7.29. The minimum absolute atomic E-state index is 0.761. The highest BCUT2D eigenvalue weighted by molar-refractivity contribution is 9.10. The SMILES string of the molecule is COc1ccc(Br)cc1C=Nc1sc2c(c1C#N)CCCCC2. The van der Waals surface area contributed by atoms with E-state index >= 15 is 0 Å². The number of nitriles is 1. The van der Waals surface area contributed by atoms with Gasteiger partial charge in [0.1, 0.15) is 16.8 Å². The number of ether oxygens (including phenoxy) is 1. The number of rotatable bonds is 3. The molecule has 0 aliphatic heterocycles. The molecule has 0 fully saturated rings. The van der Waals surface area contributed by atoms with Crippen LogP contribution in [0, 0.1) is 11.3 Å². The fourth-order valence-corrected chi connectivity index (χ4v) is 4.43. The van der Waals surface area contributed by atoms with E-state index in [9.17, 15) is 5.26 Å². The number of benzene rings is 1. The van der Waals surface area contributed by atoms with Crippen LogP contribution in [-0.2, 0) is 12.8 Å². The number of thiophene rings is 1. The highest BCUT2D eigenvalue weighted by Gasteiger charge is 2.19. The summed E-state index contributed by atoms with van der Waals surface area (Å²) >= 11 is 5.13. The van der Waals surface area contributed by atoms with Crippen molar-refractivity contribution in [3.05, 3.63) is 44.2 Å². The molecule has 1 aliphatic carbocycles. The van der Waals surface area contributed by atoms with Crippen LogP contribution < -0.4 is 4.74 Å². The molecule has 1 aliphatic rings. The van der Waals surface area contributed by atoms with Gasteiger partial charge >= 0.3 is 0 Å². The van der Waals surface area contributed by atoms with E-state index in [1.165, 1.54) is 29.7 Å². The van der Waals surface area contributed by atoms with E-state index in [1.54, 1.807) is 24.7 Å². The third-order valence-corrected chi connectivity index (χ3v) is 5.72. The lowest BCUT2D eigenvalue weighted by atomic mass is 10.1. The Bertz CT molecular complexity index is 789. The Morgan fingerprint density at radius 1 is 1.30 bits per heavy atom. The van der Waals surface area contributed by atoms with E-state index in [4.69, 9.17) is 4.74 Å². The van der Waals surface area contributed by atoms with Gasteiger partial charge in [-0.2, -0.15) is 5.26 Å². The molecule has 2 aromatic rings. The zero-order chi connectivity index (χ0) is 16.2. The van der Waals surface area contributed by atoms with E-state index < -0.39 is 0 Å². The van der Waals surface area contributed by atoms with Crippen molar-refractivity contribution in [1.82, 2.24) is 0 Å². The van der Waals surface area contributed by atoms with Crippen LogP contribution in [0.1, 0.15) is 40.8 Å². The van der Waals surface area contributed by atoms with Crippen LogP contribution in [0.2, 0.25) is 0 Å². The lowest BCUT2D eigenvalue weighted by Gasteiger charge is -2.04. The average molecular weight is 389 g/mol. The van der Waals surface area contributed by atoms with E-state index in [1.807, 2.05) is 18.2 Å². The molecule has 0 bridgehead atoms. The van der Waals surface area contributed by atoms with Crippen molar-refractivity contribution in [1.29, 1.82) is 5.26 Å². The summed E-state index contributed by atoms with van der Waals surface area (Å²) in [7, 11) is 1.65. The zero-order valence-corrected chi connectivity index (χ0v) is 15.3. The number of hydrogen-bond acceptors (Lipinski definition) is 4. The summed E-state index contributed by atoms with van der Waals surface area (Å²) < 4.78 is 6.34. The van der Waals surface area contributed by atoms with E-state index in [0.29, 0.717) is 0 Å². The van der Waals surface area contributed by atoms with Crippen LogP contribution in [0.5, 0.6) is 5.75 Å². The third-order valence-electron chi connectivity index (χ3n) is 4.03. The van der Waals surface area contributed by atoms with Gasteiger partial charge in [0.05, 0.1) is 12.7 Å². The van der Waals surface area contributed by atoms with Crippen LogP contribution in [0.4, 0.5) is 5.00 Å². The number of nitrogens with zero attached hydrogens (tertiary/aromatic N) is 2. The van der Waals surface area contributed by atoms with Crippen molar-refractivity contribution in [3.63, 3.8) is 0 Å². The lowest BCUT2D eigenvalue weighted by molar-refractivity contribution is 0.414. The summed E-state index contributed by atoms with van der Waals surface area (Å²) in [6.45, 7) is 0. The van der Waals surface area contributed by atoms with Crippen LogP contribution in [0.3, 0.4) is 0 Å². The second-order valence-electron chi connectivity index (χ2n) is 5.50. The molecule has 118 valence electrons. The van der Waals surface area contributed by atoms with Crippen LogP contribution in [-0.4, -0.2) is 13.3 Å². The first kappa shape index (κ1) is 16.2. The van der Waals surface area contributed by atoms with E-state index in [2.05, 4.69) is 27.0 Å². The summed E-state index contributed by atoms with van der Waals surface area (Å²) in [6, 6.07) is 8.17. The Morgan fingerprint density at radius 2 is 2.13 bits per heavy atom. The Kier molecular flexibility index (Phi) is 5.14. The maximum Gasteiger partial charge on any atom is 0.134 e. The van der Waals surface area contributed by atoms with Gasteiger partial charge in [-0.3, -0.25) is 0 Å². The van der Waals surface area contributed by atoms with Gasteiger partial charge in [0.25, 0.3) is 0 Å². The monoisotopic (exact) mass is 388 g/mol. The molecule has 0 unspecified atom stereocenters. The molecule has 5 heteroatoms. The quantitative estimate of drug-likeness (QED) is 0.521. The Balaban J connectivity index is 1.97. The van der Waals surface area contributed by atoms with Gasteiger partial charge in [0.2, 0.25) is 0 Å². The predicted octanol–water partition coefficient (Wildman–Crippen LogP) is 5.41. The number of fused-ring (bicyclic) bond motifs is 1. The summed E-state index contributed by atoms with van der Waals surface area (Å²) in [5.74, 6) is 0.772. The van der Waals surface area contributed by atoms with Crippen molar-refractivity contribution in [2.75, 3.05) is 7.11 Å². The van der Waals surface area contributed by atoms with Crippen molar-refractivity contribution < 1.29 is 4.74 Å². The molecular formula is C18H17BrN2OS. The van der Waals surface area contributed by atoms with Crippen molar-refractivity contribution in [2.45, 2.75) is 32.1 Å². The highest BCUT2D eigenvalue weighted by atomic mass is 79.9. The molecule has 0 radical (unpaired) electrons. The highest BCUT2D eigenvalue weighted by Crippen LogP contribution is 2.38. The number of aryl methyl sites for hydroxylation is 1. The third kappa shape index (κ3) is 3.49. The van der Waals surface area contributed by atoms with E-state index in [0.717, 1.165) is 39.2 Å². The van der Waals surface area contributed by atoms with Gasteiger partial charge in [-0.05, 0) is 49.4 Å². The second-order valence-corrected chi connectivity index (χ2v) is 7.50. The fourth-order valence-electron chi connectivity index (χ4n) is 2.87. The number of methoxy groups -OCH3 is 1. The summed E-state index contributed by atoms with van der Waals surface area (Å²) in [5.41, 5.74) is 2.88. The first-order valence-electron chi connectivity index (χ1n) is 7.65. The molecule has 1 aromatic carbocycles. The minimum atomic E-state index is 0.761. The van der Waals surface area contributed by atoms with Gasteiger partial charge in [0, 0.05) is 21.1 Å². The Morgan fingerprint density at radius 3 is 2.91 bits per heavy atom. The summed E-state index contributed by atoms with van der Waals surface area (Å²) in [6.07, 6.45) is 7.49. The van der Waals surface area contributed by atoms with Crippen LogP contribution in [0.15, 0.2) is 27.7 Å². The predicted molar refractivity (Wildman–Crippen MR) is 98.2 cm³/mol. The van der Waals surface area contributed by atoms with Crippen molar-refractivity contribution >= 4 is 38.5 Å². The smallest absolute Gasteiger partial charge is 0.134 e. The first-order valence-corrected chi connectivity index (χ1v) is 9.26. The topological polar surface area (TPSA) is 45.4 Å². The summed E-state index contributed by atoms with van der Waals surface area (Å²) in [4.78, 5) is 5.94. The van der Waals surface area contributed by atoms with Gasteiger partial charge in [0.15, 0.2) is 0 Å². The maximum atomic E-state index is 9.55. The average Bonchev–Trinajstić information content (AvgIpc) is 2.72. The Hall–Kier alpha value is -1.64. The van der Waals surface area contributed by atoms with Crippen molar-refractivity contribution in [2.24, 2.45) is 4.99 Å². The number of aliphatic imine (C=N–C) groups is 1. The fraction of sp³-hybridized carbons (Fsp3) is 0.333. The Labute approximate surface area is 148 Å². The molecule has 0 saturated heterocycles. The molecule has 1 heterocycles. The normalized spacial score (nSPS) is 14.3. The molecule has 0 N–H and O–H groups in total. The molecule has 23 heavy (non-hydrogen) atoms. The molecule has 0 spiro atoms. The van der Waals surface area contributed by atoms with Gasteiger partial charge < -0.3 is 4.74 Å². The minimum Gasteiger partial charge on any atom is -0.496 e. The molecule has 0 atom stereocenters. The molecule has 0 saturated carbocycles. The molecule has 0 amide bonds. The van der Waals surface area contributed by atoms with Crippen molar-refractivity contribution in [3.8, 4) is 11.8 Å². The maximum absolute atomic E-state index is 9.55. The first-order chi connectivity index (χ1) is 11.2. The lowest BCUT2D eigenvalue weighted by Crippen LogP contribution is -1.90. The van der Waals surface area contributed by atoms with Gasteiger partial charge in [-0.1, -0.05) is 22.4 Å². The summed E-state index contributed by atoms with van der Waals surface area (Å²) in [5, 5.41) is 10.4. The van der Waals surface area contributed by atoms with E-state index in [-0.39, 0.29) is 0 Å². The molecule has 1 aromatic heterocycles. The number of halogens is 1. The number of hydrogen-bond donors (Lipinski definition) is 0. The largest absolute Gasteiger partial charge is 0.496 e. The molecule has 3 rings (SSSR count).